The Kier molecular flexibility index (Phi) is 5.88. The number of nitrogen functional groups attached to an aromatic ring is 1. The smallest absolute Gasteiger partial charge is 0.411 e. The van der Waals surface area contributed by atoms with E-state index in [-0.39, 0.29) is 6.10 Å². The summed E-state index contributed by atoms with van der Waals surface area (Å²) in [6, 6.07) is 14.7. The molecule has 2 heterocycles. The van der Waals surface area contributed by atoms with Crippen molar-refractivity contribution >= 4 is 28.4 Å². The standard InChI is InChI=1S/C27H31N5O3/c1-16(2)34-27(33)30-19-10-8-18(9-11-19)25-24(28)22-13-12-21(35-26-29-17(3)15-31(26)4)14-23(22)32(25)20-6-5-7-20/h8-16,20H,5-7,28H2,1-4H3,(H,30,33). The van der Waals surface area contributed by atoms with Crippen molar-refractivity contribution in [3.8, 4) is 23.0 Å². The zero-order valence-electron chi connectivity index (χ0n) is 20.5. The van der Waals surface area contributed by atoms with Gasteiger partial charge in [-0.2, -0.15) is 0 Å². The van der Waals surface area contributed by atoms with Crippen LogP contribution in [0.4, 0.5) is 16.2 Å². The van der Waals surface area contributed by atoms with Gasteiger partial charge in [0.15, 0.2) is 0 Å². The minimum Gasteiger partial charge on any atom is -0.447 e. The number of carbonyl (C=O) groups is 1. The van der Waals surface area contributed by atoms with Gasteiger partial charge in [0, 0.05) is 42.0 Å². The number of aromatic nitrogens is 3. The highest BCUT2D eigenvalue weighted by Crippen LogP contribution is 2.45. The van der Waals surface area contributed by atoms with Gasteiger partial charge in [-0.25, -0.2) is 9.78 Å². The molecule has 0 radical (unpaired) electrons. The monoisotopic (exact) mass is 473 g/mol. The first-order chi connectivity index (χ1) is 16.8. The van der Waals surface area contributed by atoms with Crippen molar-refractivity contribution in [3.63, 3.8) is 0 Å². The highest BCUT2D eigenvalue weighted by atomic mass is 16.6. The van der Waals surface area contributed by atoms with Gasteiger partial charge in [-0.3, -0.25) is 5.32 Å². The van der Waals surface area contributed by atoms with Crippen LogP contribution in [0.1, 0.15) is 44.8 Å². The molecule has 1 amide bonds. The summed E-state index contributed by atoms with van der Waals surface area (Å²) < 4.78 is 15.5. The topological polar surface area (TPSA) is 96.3 Å². The Morgan fingerprint density at radius 1 is 1.17 bits per heavy atom. The summed E-state index contributed by atoms with van der Waals surface area (Å²) >= 11 is 0. The molecule has 8 heteroatoms. The van der Waals surface area contributed by atoms with E-state index in [9.17, 15) is 4.79 Å². The number of hydrogen-bond acceptors (Lipinski definition) is 5. The van der Waals surface area contributed by atoms with Crippen LogP contribution in [-0.2, 0) is 11.8 Å². The van der Waals surface area contributed by atoms with Gasteiger partial charge in [0.05, 0.1) is 28.7 Å². The zero-order valence-corrected chi connectivity index (χ0v) is 20.5. The number of amides is 1. The van der Waals surface area contributed by atoms with Crippen molar-refractivity contribution in [3.05, 3.63) is 54.4 Å². The third kappa shape index (κ3) is 4.43. The summed E-state index contributed by atoms with van der Waals surface area (Å²) in [5.74, 6) is 0.721. The molecule has 35 heavy (non-hydrogen) atoms. The zero-order chi connectivity index (χ0) is 24.7. The van der Waals surface area contributed by atoms with E-state index in [1.165, 1.54) is 6.42 Å². The molecule has 0 atom stereocenters. The van der Waals surface area contributed by atoms with Crippen molar-refractivity contribution in [1.82, 2.24) is 14.1 Å². The number of ether oxygens (including phenoxy) is 2. The van der Waals surface area contributed by atoms with Crippen LogP contribution in [-0.4, -0.2) is 26.3 Å². The highest BCUT2D eigenvalue weighted by Gasteiger charge is 2.27. The lowest BCUT2D eigenvalue weighted by Crippen LogP contribution is -2.18. The van der Waals surface area contributed by atoms with Crippen molar-refractivity contribution in [2.75, 3.05) is 11.1 Å². The molecule has 3 N–H and O–H groups in total. The molecule has 0 aliphatic heterocycles. The van der Waals surface area contributed by atoms with Crippen LogP contribution in [0.2, 0.25) is 0 Å². The lowest BCUT2D eigenvalue weighted by atomic mass is 9.92. The molecular weight excluding hydrogens is 442 g/mol. The fourth-order valence-electron chi connectivity index (χ4n) is 4.57. The number of nitrogens with two attached hydrogens (primary N) is 1. The second kappa shape index (κ2) is 9.02. The predicted molar refractivity (Wildman–Crippen MR) is 138 cm³/mol. The largest absolute Gasteiger partial charge is 0.447 e. The van der Waals surface area contributed by atoms with E-state index in [1.807, 2.05) is 75.0 Å². The van der Waals surface area contributed by atoms with Crippen LogP contribution in [0.25, 0.3) is 22.2 Å². The molecule has 0 unspecified atom stereocenters. The normalized spacial score (nSPS) is 13.7. The lowest BCUT2D eigenvalue weighted by molar-refractivity contribution is 0.130. The SMILES string of the molecule is Cc1cn(C)c(Oc2ccc3c(N)c(-c4ccc(NC(=O)OC(C)C)cc4)n(C4CCC4)c3c2)n1. The molecule has 4 aromatic rings. The Labute approximate surface area is 204 Å². The maximum atomic E-state index is 11.9. The van der Waals surface area contributed by atoms with E-state index in [2.05, 4.69) is 20.9 Å². The summed E-state index contributed by atoms with van der Waals surface area (Å²) in [6.45, 7) is 5.58. The van der Waals surface area contributed by atoms with Gasteiger partial charge in [0.1, 0.15) is 5.75 Å². The molecule has 5 rings (SSSR count). The summed E-state index contributed by atoms with van der Waals surface area (Å²) in [4.78, 5) is 16.4. The Bertz CT molecular complexity index is 1380. The minimum absolute atomic E-state index is 0.178. The minimum atomic E-state index is -0.466. The molecule has 1 aliphatic carbocycles. The Hall–Kier alpha value is -3.94. The molecule has 2 aromatic heterocycles. The number of imidazole rings is 1. The number of anilines is 2. The van der Waals surface area contributed by atoms with E-state index in [1.54, 1.807) is 0 Å². The van der Waals surface area contributed by atoms with Crippen LogP contribution in [0.15, 0.2) is 48.7 Å². The van der Waals surface area contributed by atoms with Crippen LogP contribution in [0.5, 0.6) is 11.8 Å². The number of hydrogen-bond donors (Lipinski definition) is 2. The Balaban J connectivity index is 1.52. The van der Waals surface area contributed by atoms with Gasteiger partial charge in [0.25, 0.3) is 0 Å². The van der Waals surface area contributed by atoms with E-state index in [4.69, 9.17) is 15.2 Å². The van der Waals surface area contributed by atoms with Crippen molar-refractivity contribution in [2.45, 2.75) is 52.2 Å². The number of rotatable bonds is 6. The van der Waals surface area contributed by atoms with Crippen LogP contribution in [0.3, 0.4) is 0 Å². The molecule has 182 valence electrons. The Morgan fingerprint density at radius 3 is 2.51 bits per heavy atom. The molecule has 1 fully saturated rings. The summed E-state index contributed by atoms with van der Waals surface area (Å²) in [7, 11) is 1.92. The van der Waals surface area contributed by atoms with Gasteiger partial charge in [-0.15, -0.1) is 0 Å². The second-order valence-electron chi connectivity index (χ2n) is 9.43. The Morgan fingerprint density at radius 2 is 1.91 bits per heavy atom. The van der Waals surface area contributed by atoms with Crippen LogP contribution in [0, 0.1) is 6.92 Å². The molecule has 8 nitrogen and oxygen atoms in total. The van der Waals surface area contributed by atoms with Crippen LogP contribution >= 0.6 is 0 Å². The lowest BCUT2D eigenvalue weighted by Gasteiger charge is -2.30. The summed E-state index contributed by atoms with van der Waals surface area (Å²) in [6.07, 6.45) is 4.71. The number of fused-ring (bicyclic) bond motifs is 1. The molecule has 0 saturated heterocycles. The van der Waals surface area contributed by atoms with E-state index < -0.39 is 6.09 Å². The van der Waals surface area contributed by atoms with Crippen molar-refractivity contribution in [1.29, 1.82) is 0 Å². The molecular formula is C27H31N5O3. The molecule has 1 aliphatic rings. The van der Waals surface area contributed by atoms with Gasteiger partial charge >= 0.3 is 12.1 Å². The number of carbonyl (C=O) groups excluding carboxylic acids is 1. The van der Waals surface area contributed by atoms with Gasteiger partial charge in [-0.05, 0) is 64.3 Å². The second-order valence-corrected chi connectivity index (χ2v) is 9.43. The molecule has 0 bridgehead atoms. The van der Waals surface area contributed by atoms with Crippen LogP contribution < -0.4 is 15.8 Å². The highest BCUT2D eigenvalue weighted by molar-refractivity contribution is 6.01. The van der Waals surface area contributed by atoms with Crippen molar-refractivity contribution < 1.29 is 14.3 Å². The average molecular weight is 474 g/mol. The fourth-order valence-corrected chi connectivity index (χ4v) is 4.57. The molecule has 2 aromatic carbocycles. The third-order valence-corrected chi connectivity index (χ3v) is 6.37. The fraction of sp³-hybridized carbons (Fsp3) is 0.333. The number of benzene rings is 2. The van der Waals surface area contributed by atoms with E-state index >= 15 is 0 Å². The van der Waals surface area contributed by atoms with E-state index in [0.29, 0.717) is 17.7 Å². The van der Waals surface area contributed by atoms with Gasteiger partial charge in [0.2, 0.25) is 0 Å². The third-order valence-electron chi connectivity index (χ3n) is 6.37. The quantitative estimate of drug-likeness (QED) is 0.337. The first kappa shape index (κ1) is 22.8. The predicted octanol–water partition coefficient (Wildman–Crippen LogP) is 6.41. The number of aryl methyl sites for hydroxylation is 2. The molecule has 1 saturated carbocycles. The van der Waals surface area contributed by atoms with Gasteiger partial charge < -0.3 is 24.3 Å². The number of nitrogens with zero attached hydrogens (tertiary/aromatic N) is 3. The number of nitrogens with one attached hydrogen (secondary N) is 1. The van der Waals surface area contributed by atoms with Gasteiger partial charge in [-0.1, -0.05) is 12.1 Å². The van der Waals surface area contributed by atoms with Crippen molar-refractivity contribution in [2.24, 2.45) is 7.05 Å². The first-order valence-corrected chi connectivity index (χ1v) is 12.0. The van der Waals surface area contributed by atoms with E-state index in [0.717, 1.165) is 52.1 Å². The maximum absolute atomic E-state index is 11.9. The molecule has 0 spiro atoms. The summed E-state index contributed by atoms with van der Waals surface area (Å²) in [5, 5.41) is 3.76. The maximum Gasteiger partial charge on any atom is 0.411 e. The first-order valence-electron chi connectivity index (χ1n) is 12.0. The average Bonchev–Trinajstić information content (AvgIpc) is 3.22. The summed E-state index contributed by atoms with van der Waals surface area (Å²) in [5.41, 5.74) is 12.1.